The Labute approximate surface area is 125 Å². The van der Waals surface area contributed by atoms with Gasteiger partial charge in [-0.05, 0) is 30.5 Å². The number of ether oxygens (including phenoxy) is 1. The molecule has 1 aromatic carbocycles. The average molecular weight is 289 g/mol. The van der Waals surface area contributed by atoms with E-state index in [-0.39, 0.29) is 17.4 Å². The Morgan fingerprint density at radius 3 is 2.57 bits per heavy atom. The number of anilines is 1. The summed E-state index contributed by atoms with van der Waals surface area (Å²) in [5.74, 6) is 0.0168. The molecular formula is C16H23N3O2. The molecule has 1 aromatic rings. The van der Waals surface area contributed by atoms with E-state index in [1.54, 1.807) is 0 Å². The monoisotopic (exact) mass is 289 g/mol. The first-order valence-electron chi connectivity index (χ1n) is 7.21. The van der Waals surface area contributed by atoms with Crippen LogP contribution in [0.4, 0.5) is 5.69 Å². The lowest BCUT2D eigenvalue weighted by Crippen LogP contribution is -2.27. The highest BCUT2D eigenvalue weighted by molar-refractivity contribution is 5.94. The summed E-state index contributed by atoms with van der Waals surface area (Å²) >= 11 is 0. The number of rotatable bonds is 4. The number of aryl methyl sites for hydroxylation is 1. The number of amidine groups is 1. The minimum absolute atomic E-state index is 0.0168. The fourth-order valence-electron chi connectivity index (χ4n) is 1.99. The van der Waals surface area contributed by atoms with Crippen molar-refractivity contribution in [2.75, 3.05) is 11.9 Å². The zero-order valence-electron chi connectivity index (χ0n) is 12.8. The number of nitrogens with one attached hydrogen (secondary N) is 1. The summed E-state index contributed by atoms with van der Waals surface area (Å²) in [5, 5.41) is 2.91. The van der Waals surface area contributed by atoms with Crippen LogP contribution in [0, 0.1) is 5.41 Å². The molecule has 3 N–H and O–H groups in total. The highest BCUT2D eigenvalue weighted by atomic mass is 16.5. The molecule has 0 radical (unpaired) electrons. The van der Waals surface area contributed by atoms with E-state index in [9.17, 15) is 4.79 Å². The van der Waals surface area contributed by atoms with Crippen LogP contribution in [0.3, 0.4) is 0 Å². The lowest BCUT2D eigenvalue weighted by molar-refractivity contribution is -0.123. The second-order valence-electron chi connectivity index (χ2n) is 6.37. The van der Waals surface area contributed by atoms with Crippen LogP contribution < -0.4 is 11.1 Å². The number of carbonyl (C=O) groups is 1. The van der Waals surface area contributed by atoms with E-state index in [0.717, 1.165) is 18.5 Å². The van der Waals surface area contributed by atoms with E-state index < -0.39 is 0 Å². The van der Waals surface area contributed by atoms with Gasteiger partial charge in [0.1, 0.15) is 6.61 Å². The molecule has 5 nitrogen and oxygen atoms in total. The lowest BCUT2D eigenvalue weighted by Gasteiger charge is -2.17. The second-order valence-corrected chi connectivity index (χ2v) is 6.37. The number of hydrogen-bond donors (Lipinski definition) is 2. The van der Waals surface area contributed by atoms with Gasteiger partial charge in [0.05, 0.1) is 6.04 Å². The van der Waals surface area contributed by atoms with Crippen molar-refractivity contribution in [2.24, 2.45) is 16.1 Å². The highest BCUT2D eigenvalue weighted by Crippen LogP contribution is 2.18. The van der Waals surface area contributed by atoms with E-state index in [4.69, 9.17) is 10.5 Å². The van der Waals surface area contributed by atoms with Gasteiger partial charge in [0.15, 0.2) is 0 Å². The van der Waals surface area contributed by atoms with Crippen LogP contribution in [0.2, 0.25) is 0 Å². The van der Waals surface area contributed by atoms with E-state index in [1.807, 2.05) is 45.0 Å². The van der Waals surface area contributed by atoms with Gasteiger partial charge in [0, 0.05) is 11.1 Å². The van der Waals surface area contributed by atoms with E-state index in [0.29, 0.717) is 12.6 Å². The van der Waals surface area contributed by atoms with Crippen LogP contribution in [0.1, 0.15) is 32.8 Å². The van der Waals surface area contributed by atoms with Crippen LogP contribution in [0.5, 0.6) is 0 Å². The second kappa shape index (κ2) is 6.16. The van der Waals surface area contributed by atoms with Gasteiger partial charge in [-0.2, -0.15) is 0 Å². The third-order valence-electron chi connectivity index (χ3n) is 3.39. The molecule has 1 atom stereocenters. The third-order valence-corrected chi connectivity index (χ3v) is 3.39. The van der Waals surface area contributed by atoms with Crippen LogP contribution in [-0.2, 0) is 16.0 Å². The Bertz CT molecular complexity index is 529. The molecule has 0 saturated heterocycles. The predicted molar refractivity (Wildman–Crippen MR) is 84.2 cm³/mol. The smallest absolute Gasteiger partial charge is 0.282 e. The largest absolute Gasteiger partial charge is 0.463 e. The number of nitrogens with two attached hydrogens (primary N) is 1. The summed E-state index contributed by atoms with van der Waals surface area (Å²) in [5.41, 5.74) is 7.13. The summed E-state index contributed by atoms with van der Waals surface area (Å²) in [6.45, 7) is 6.26. The zero-order chi connectivity index (χ0) is 15.5. The summed E-state index contributed by atoms with van der Waals surface area (Å²) in [7, 11) is 0. The summed E-state index contributed by atoms with van der Waals surface area (Å²) in [6, 6.07) is 8.37. The number of nitrogens with zero attached hydrogens (tertiary/aromatic N) is 1. The maximum absolute atomic E-state index is 11.9. The van der Waals surface area contributed by atoms with Crippen molar-refractivity contribution in [1.82, 2.24) is 0 Å². The molecular weight excluding hydrogens is 266 g/mol. The van der Waals surface area contributed by atoms with E-state index in [1.165, 1.54) is 5.56 Å². The summed E-state index contributed by atoms with van der Waals surface area (Å²) in [4.78, 5) is 16.1. The van der Waals surface area contributed by atoms with Gasteiger partial charge in [-0.25, -0.2) is 4.99 Å². The molecule has 0 fully saturated rings. The Morgan fingerprint density at radius 2 is 2.05 bits per heavy atom. The van der Waals surface area contributed by atoms with Gasteiger partial charge in [0.2, 0.25) is 5.91 Å². The van der Waals surface area contributed by atoms with Gasteiger partial charge >= 0.3 is 0 Å². The molecule has 5 heteroatoms. The molecule has 0 aliphatic carbocycles. The third kappa shape index (κ3) is 4.48. The highest BCUT2D eigenvalue weighted by Gasteiger charge is 2.21. The van der Waals surface area contributed by atoms with Crippen LogP contribution in [0.15, 0.2) is 29.3 Å². The average Bonchev–Trinajstić information content (AvgIpc) is 2.83. The zero-order valence-corrected chi connectivity index (χ0v) is 12.8. The van der Waals surface area contributed by atoms with Crippen LogP contribution >= 0.6 is 0 Å². The first-order valence-corrected chi connectivity index (χ1v) is 7.21. The maximum atomic E-state index is 11.9. The van der Waals surface area contributed by atoms with Crippen molar-refractivity contribution in [3.8, 4) is 0 Å². The molecule has 1 heterocycles. The topological polar surface area (TPSA) is 76.7 Å². The predicted octanol–water partition coefficient (Wildman–Crippen LogP) is 2.32. The van der Waals surface area contributed by atoms with E-state index in [2.05, 4.69) is 10.3 Å². The number of carbonyl (C=O) groups excluding carboxylic acids is 1. The van der Waals surface area contributed by atoms with Gasteiger partial charge in [-0.15, -0.1) is 0 Å². The standard InChI is InChI=1S/C16H23N3O2/c1-16(2,3)14(20)18-12-7-4-11(5-8-12)6-9-13-10-21-15(17)19-13/h4-5,7-8,13H,6,9-10H2,1-3H3,(H2,17,19)(H,18,20)/t13-/m0/s1. The number of benzene rings is 1. The Kier molecular flexibility index (Phi) is 4.50. The molecule has 114 valence electrons. The number of amides is 1. The molecule has 1 aliphatic rings. The van der Waals surface area contributed by atoms with Crippen LogP contribution in [-0.4, -0.2) is 24.6 Å². The lowest BCUT2D eigenvalue weighted by atomic mass is 9.95. The SMILES string of the molecule is CC(C)(C)C(=O)Nc1ccc(CC[C@H]2COC(N)=N2)cc1. The quantitative estimate of drug-likeness (QED) is 0.893. The molecule has 1 aliphatic heterocycles. The Hall–Kier alpha value is -2.04. The van der Waals surface area contributed by atoms with Gasteiger partial charge in [0.25, 0.3) is 6.02 Å². The molecule has 0 aromatic heterocycles. The fourth-order valence-corrected chi connectivity index (χ4v) is 1.99. The molecule has 0 bridgehead atoms. The minimum atomic E-state index is -0.390. The first kappa shape index (κ1) is 15.4. The Balaban J connectivity index is 1.86. The van der Waals surface area contributed by atoms with Crippen molar-refractivity contribution < 1.29 is 9.53 Å². The normalized spacial score (nSPS) is 18.0. The Morgan fingerprint density at radius 1 is 1.38 bits per heavy atom. The molecule has 1 amide bonds. The van der Waals surface area contributed by atoms with Crippen molar-refractivity contribution in [2.45, 2.75) is 39.7 Å². The van der Waals surface area contributed by atoms with Gasteiger partial charge < -0.3 is 15.8 Å². The van der Waals surface area contributed by atoms with Crippen molar-refractivity contribution in [3.05, 3.63) is 29.8 Å². The molecule has 21 heavy (non-hydrogen) atoms. The van der Waals surface area contributed by atoms with Crippen molar-refractivity contribution in [3.63, 3.8) is 0 Å². The molecule has 2 rings (SSSR count). The molecule has 0 spiro atoms. The first-order chi connectivity index (χ1) is 9.84. The summed E-state index contributed by atoms with van der Waals surface area (Å²) < 4.78 is 5.13. The van der Waals surface area contributed by atoms with E-state index >= 15 is 0 Å². The maximum Gasteiger partial charge on any atom is 0.282 e. The van der Waals surface area contributed by atoms with Crippen LogP contribution in [0.25, 0.3) is 0 Å². The van der Waals surface area contributed by atoms with Gasteiger partial charge in [-0.1, -0.05) is 32.9 Å². The summed E-state index contributed by atoms with van der Waals surface area (Å²) in [6.07, 6.45) is 1.83. The van der Waals surface area contributed by atoms with Crippen molar-refractivity contribution in [1.29, 1.82) is 0 Å². The molecule has 0 unspecified atom stereocenters. The minimum Gasteiger partial charge on any atom is -0.463 e. The van der Waals surface area contributed by atoms with Crippen molar-refractivity contribution >= 4 is 17.6 Å². The number of aliphatic imine (C=N–C) groups is 1. The van der Waals surface area contributed by atoms with Gasteiger partial charge in [-0.3, -0.25) is 4.79 Å². The molecule has 0 saturated carbocycles. The number of hydrogen-bond acceptors (Lipinski definition) is 4. The fraction of sp³-hybridized carbons (Fsp3) is 0.500.